The zero-order chi connectivity index (χ0) is 14.4. The highest BCUT2D eigenvalue weighted by molar-refractivity contribution is 7.91. The molecule has 0 bridgehead atoms. The van der Waals surface area contributed by atoms with E-state index in [1.54, 1.807) is 12.3 Å². The molecule has 6 heteroatoms. The van der Waals surface area contributed by atoms with E-state index >= 15 is 0 Å². The van der Waals surface area contributed by atoms with Gasteiger partial charge in [-0.15, -0.1) is 0 Å². The molecule has 0 radical (unpaired) electrons. The Balaban J connectivity index is 2.02. The van der Waals surface area contributed by atoms with Crippen LogP contribution in [0.15, 0.2) is 30.5 Å². The van der Waals surface area contributed by atoms with Crippen molar-refractivity contribution in [1.29, 1.82) is 0 Å². The number of nitrogens with zero attached hydrogens (tertiary/aromatic N) is 1. The van der Waals surface area contributed by atoms with Crippen molar-refractivity contribution in [2.75, 3.05) is 22.6 Å². The summed E-state index contributed by atoms with van der Waals surface area (Å²) in [5, 5.41) is 4.28. The minimum atomic E-state index is -2.94. The maximum absolute atomic E-state index is 11.7. The molecule has 20 heavy (non-hydrogen) atoms. The molecule has 3 rings (SSSR count). The Morgan fingerprint density at radius 1 is 1.35 bits per heavy atom. The molecule has 1 saturated heterocycles. The second kappa shape index (κ2) is 4.34. The van der Waals surface area contributed by atoms with Crippen LogP contribution in [0, 0.1) is 0 Å². The van der Waals surface area contributed by atoms with Gasteiger partial charge in [0.15, 0.2) is 9.84 Å². The number of anilines is 2. The molecule has 0 aliphatic carbocycles. The first-order chi connectivity index (χ1) is 9.39. The van der Waals surface area contributed by atoms with Crippen molar-refractivity contribution in [3.63, 3.8) is 0 Å². The fourth-order valence-electron chi connectivity index (χ4n) is 2.74. The van der Waals surface area contributed by atoms with Crippen LogP contribution in [0.3, 0.4) is 0 Å². The maximum atomic E-state index is 11.7. The lowest BCUT2D eigenvalue weighted by Gasteiger charge is -2.26. The van der Waals surface area contributed by atoms with E-state index in [1.165, 1.54) is 0 Å². The standard InChI is InChI=1S/C14H17N3O2S/c1-14(6-8-20(18,19)9-14)17-12-5-4-11(15)13-10(12)3-2-7-16-13/h2-5,7,17H,6,8-9,15H2,1H3. The number of hydrogen-bond donors (Lipinski definition) is 2. The number of hydrogen-bond acceptors (Lipinski definition) is 5. The summed E-state index contributed by atoms with van der Waals surface area (Å²) in [6.07, 6.45) is 2.31. The molecule has 0 amide bonds. The summed E-state index contributed by atoms with van der Waals surface area (Å²) in [5.74, 6) is 0.397. The van der Waals surface area contributed by atoms with E-state index < -0.39 is 15.4 Å². The van der Waals surface area contributed by atoms with Crippen LogP contribution in [0.25, 0.3) is 10.9 Å². The minimum Gasteiger partial charge on any atom is -0.397 e. The fraction of sp³-hybridized carbons (Fsp3) is 0.357. The van der Waals surface area contributed by atoms with Gasteiger partial charge in [-0.1, -0.05) is 0 Å². The molecule has 1 aliphatic heterocycles. The number of rotatable bonds is 2. The first-order valence-electron chi connectivity index (χ1n) is 6.50. The Morgan fingerprint density at radius 2 is 2.15 bits per heavy atom. The number of pyridine rings is 1. The smallest absolute Gasteiger partial charge is 0.152 e. The van der Waals surface area contributed by atoms with Gasteiger partial charge in [0, 0.05) is 22.8 Å². The van der Waals surface area contributed by atoms with E-state index in [0.717, 1.165) is 16.6 Å². The van der Waals surface area contributed by atoms with Crippen LogP contribution in [0.5, 0.6) is 0 Å². The zero-order valence-electron chi connectivity index (χ0n) is 11.3. The van der Waals surface area contributed by atoms with E-state index in [9.17, 15) is 8.42 Å². The Kier molecular flexibility index (Phi) is 2.86. The molecule has 0 spiro atoms. The highest BCUT2D eigenvalue weighted by atomic mass is 32.2. The van der Waals surface area contributed by atoms with Crippen molar-refractivity contribution in [3.8, 4) is 0 Å². The summed E-state index contributed by atoms with van der Waals surface area (Å²) in [5.41, 5.74) is 7.73. The number of nitrogens with one attached hydrogen (secondary N) is 1. The Labute approximate surface area is 118 Å². The van der Waals surface area contributed by atoms with E-state index in [1.807, 2.05) is 25.1 Å². The number of nitrogen functional groups attached to an aromatic ring is 1. The van der Waals surface area contributed by atoms with Crippen molar-refractivity contribution >= 4 is 32.1 Å². The van der Waals surface area contributed by atoms with Crippen LogP contribution < -0.4 is 11.1 Å². The number of benzene rings is 1. The molecule has 1 aromatic heterocycles. The van der Waals surface area contributed by atoms with Crippen LogP contribution in [0.4, 0.5) is 11.4 Å². The predicted molar refractivity (Wildman–Crippen MR) is 81.5 cm³/mol. The van der Waals surface area contributed by atoms with Gasteiger partial charge < -0.3 is 11.1 Å². The molecule has 2 aromatic rings. The van der Waals surface area contributed by atoms with Crippen LogP contribution in [0.2, 0.25) is 0 Å². The van der Waals surface area contributed by atoms with Crippen LogP contribution >= 0.6 is 0 Å². The summed E-state index contributed by atoms with van der Waals surface area (Å²) < 4.78 is 23.4. The van der Waals surface area contributed by atoms with Gasteiger partial charge in [-0.2, -0.15) is 0 Å². The zero-order valence-corrected chi connectivity index (χ0v) is 12.1. The quantitative estimate of drug-likeness (QED) is 0.824. The van der Waals surface area contributed by atoms with E-state index in [4.69, 9.17) is 5.73 Å². The third-order valence-electron chi connectivity index (χ3n) is 3.74. The van der Waals surface area contributed by atoms with Crippen LogP contribution in [-0.2, 0) is 9.84 Å². The molecule has 0 saturated carbocycles. The molecule has 1 aromatic carbocycles. The highest BCUT2D eigenvalue weighted by Gasteiger charge is 2.38. The first kappa shape index (κ1) is 13.2. The molecule has 5 nitrogen and oxygen atoms in total. The summed E-state index contributed by atoms with van der Waals surface area (Å²) in [6.45, 7) is 1.94. The lowest BCUT2D eigenvalue weighted by molar-refractivity contribution is 0.574. The number of sulfone groups is 1. The average Bonchev–Trinajstić information content (AvgIpc) is 2.68. The predicted octanol–water partition coefficient (Wildman–Crippen LogP) is 1.81. The Morgan fingerprint density at radius 3 is 2.85 bits per heavy atom. The molecule has 1 aliphatic rings. The topological polar surface area (TPSA) is 85.1 Å². The molecule has 106 valence electrons. The summed E-state index contributed by atoms with van der Waals surface area (Å²) in [7, 11) is -2.94. The number of fused-ring (bicyclic) bond motifs is 1. The largest absolute Gasteiger partial charge is 0.397 e. The Hall–Kier alpha value is -1.82. The number of nitrogens with two attached hydrogens (primary N) is 1. The van der Waals surface area contributed by atoms with Gasteiger partial charge in [0.05, 0.1) is 22.7 Å². The highest BCUT2D eigenvalue weighted by Crippen LogP contribution is 2.32. The SMILES string of the molecule is CC1(Nc2ccc(N)c3ncccc23)CCS(=O)(=O)C1. The van der Waals surface area contributed by atoms with Gasteiger partial charge in [-0.3, -0.25) is 4.98 Å². The van der Waals surface area contributed by atoms with E-state index in [2.05, 4.69) is 10.3 Å². The third kappa shape index (κ3) is 2.31. The molecule has 1 fully saturated rings. The van der Waals surface area contributed by atoms with Crippen LogP contribution in [0.1, 0.15) is 13.3 Å². The number of aromatic nitrogens is 1. The van der Waals surface area contributed by atoms with Crippen molar-refractivity contribution < 1.29 is 8.42 Å². The van der Waals surface area contributed by atoms with Crippen molar-refractivity contribution in [2.45, 2.75) is 18.9 Å². The molecule has 3 N–H and O–H groups in total. The molecule has 2 heterocycles. The summed E-state index contributed by atoms with van der Waals surface area (Å²) in [6, 6.07) is 7.47. The second-order valence-corrected chi connectivity index (χ2v) is 7.81. The van der Waals surface area contributed by atoms with Gasteiger partial charge in [-0.05, 0) is 37.6 Å². The van der Waals surface area contributed by atoms with E-state index in [-0.39, 0.29) is 11.5 Å². The second-order valence-electron chi connectivity index (χ2n) is 5.63. The van der Waals surface area contributed by atoms with Crippen LogP contribution in [-0.4, -0.2) is 30.4 Å². The minimum absolute atomic E-state index is 0.159. The van der Waals surface area contributed by atoms with Gasteiger partial charge in [0.25, 0.3) is 0 Å². The lowest BCUT2D eigenvalue weighted by atomic mass is 10.0. The van der Waals surface area contributed by atoms with Gasteiger partial charge in [0.1, 0.15) is 0 Å². The third-order valence-corrected chi connectivity index (χ3v) is 5.64. The maximum Gasteiger partial charge on any atom is 0.152 e. The van der Waals surface area contributed by atoms with Gasteiger partial charge in [-0.25, -0.2) is 8.42 Å². The fourth-order valence-corrected chi connectivity index (χ4v) is 4.83. The lowest BCUT2D eigenvalue weighted by Crippen LogP contribution is -2.35. The monoisotopic (exact) mass is 291 g/mol. The summed E-state index contributed by atoms with van der Waals surface area (Å²) >= 11 is 0. The molecule has 1 atom stereocenters. The van der Waals surface area contributed by atoms with Gasteiger partial charge >= 0.3 is 0 Å². The average molecular weight is 291 g/mol. The van der Waals surface area contributed by atoms with Crippen molar-refractivity contribution in [1.82, 2.24) is 4.98 Å². The first-order valence-corrected chi connectivity index (χ1v) is 8.33. The molecular weight excluding hydrogens is 274 g/mol. The van der Waals surface area contributed by atoms with Gasteiger partial charge in [0.2, 0.25) is 0 Å². The summed E-state index contributed by atoms with van der Waals surface area (Å²) in [4.78, 5) is 4.28. The Bertz CT molecular complexity index is 773. The normalized spacial score (nSPS) is 24.9. The van der Waals surface area contributed by atoms with Crippen molar-refractivity contribution in [3.05, 3.63) is 30.5 Å². The molecule has 1 unspecified atom stereocenters. The van der Waals surface area contributed by atoms with E-state index in [0.29, 0.717) is 12.1 Å². The molecular formula is C14H17N3O2S. The van der Waals surface area contributed by atoms with Crippen molar-refractivity contribution in [2.24, 2.45) is 0 Å².